The third kappa shape index (κ3) is 5.27. The van der Waals surface area contributed by atoms with Gasteiger partial charge in [0.15, 0.2) is 11.5 Å². The SMILES string of the molecule is CC[C@@H](C)[C@@H](N)C(=O)NCCc1ccc(O)c(O)c1.Cl. The zero-order valence-corrected chi connectivity index (χ0v) is 12.6. The van der Waals surface area contributed by atoms with Crippen molar-refractivity contribution in [2.75, 3.05) is 6.54 Å². The highest BCUT2D eigenvalue weighted by molar-refractivity contribution is 5.85. The Morgan fingerprint density at radius 3 is 2.55 bits per heavy atom. The minimum absolute atomic E-state index is 0. The molecule has 0 spiro atoms. The fourth-order valence-corrected chi connectivity index (χ4v) is 1.68. The average molecular weight is 303 g/mol. The van der Waals surface area contributed by atoms with Gasteiger partial charge in [-0.15, -0.1) is 12.4 Å². The molecular weight excluding hydrogens is 280 g/mol. The van der Waals surface area contributed by atoms with Crippen molar-refractivity contribution in [1.82, 2.24) is 5.32 Å². The van der Waals surface area contributed by atoms with Crippen LogP contribution in [0.2, 0.25) is 0 Å². The Bertz CT molecular complexity index is 440. The molecule has 0 unspecified atom stereocenters. The van der Waals surface area contributed by atoms with Crippen molar-refractivity contribution in [2.45, 2.75) is 32.7 Å². The molecule has 1 amide bonds. The van der Waals surface area contributed by atoms with Crippen molar-refractivity contribution in [3.05, 3.63) is 23.8 Å². The van der Waals surface area contributed by atoms with Crippen molar-refractivity contribution in [3.8, 4) is 11.5 Å². The highest BCUT2D eigenvalue weighted by atomic mass is 35.5. The Hall–Kier alpha value is -1.46. The molecule has 5 N–H and O–H groups in total. The summed E-state index contributed by atoms with van der Waals surface area (Å²) in [6.45, 7) is 4.40. The molecule has 2 atom stereocenters. The molecule has 0 heterocycles. The molecule has 6 heteroatoms. The number of aromatic hydroxyl groups is 2. The van der Waals surface area contributed by atoms with Crippen molar-refractivity contribution in [1.29, 1.82) is 0 Å². The summed E-state index contributed by atoms with van der Waals surface area (Å²) >= 11 is 0. The normalized spacial score (nSPS) is 13.2. The lowest BCUT2D eigenvalue weighted by atomic mass is 9.99. The molecule has 0 saturated carbocycles. The van der Waals surface area contributed by atoms with Crippen molar-refractivity contribution < 1.29 is 15.0 Å². The highest BCUT2D eigenvalue weighted by Crippen LogP contribution is 2.24. The quantitative estimate of drug-likeness (QED) is 0.600. The molecule has 0 radical (unpaired) electrons. The summed E-state index contributed by atoms with van der Waals surface area (Å²) < 4.78 is 0. The van der Waals surface area contributed by atoms with Crippen LogP contribution in [0.15, 0.2) is 18.2 Å². The lowest BCUT2D eigenvalue weighted by molar-refractivity contribution is -0.123. The van der Waals surface area contributed by atoms with E-state index < -0.39 is 6.04 Å². The number of carbonyl (C=O) groups excluding carboxylic acids is 1. The molecule has 0 aliphatic carbocycles. The van der Waals surface area contributed by atoms with Crippen LogP contribution in [0.4, 0.5) is 0 Å². The van der Waals surface area contributed by atoms with Gasteiger partial charge in [-0.05, 0) is 30.0 Å². The zero-order valence-electron chi connectivity index (χ0n) is 11.8. The Morgan fingerprint density at radius 1 is 1.35 bits per heavy atom. The molecule has 0 aromatic heterocycles. The Kier molecular flexibility index (Phi) is 8.03. The third-order valence-corrected chi connectivity index (χ3v) is 3.31. The van der Waals surface area contributed by atoms with Gasteiger partial charge in [0.25, 0.3) is 0 Å². The van der Waals surface area contributed by atoms with E-state index in [0.717, 1.165) is 12.0 Å². The lowest BCUT2D eigenvalue weighted by Crippen LogP contribution is -2.45. The minimum Gasteiger partial charge on any atom is -0.504 e. The van der Waals surface area contributed by atoms with Gasteiger partial charge in [-0.1, -0.05) is 26.3 Å². The second-order valence-electron chi connectivity index (χ2n) is 4.78. The number of carbonyl (C=O) groups is 1. The van der Waals surface area contributed by atoms with E-state index in [0.29, 0.717) is 13.0 Å². The first-order valence-corrected chi connectivity index (χ1v) is 6.49. The van der Waals surface area contributed by atoms with E-state index in [9.17, 15) is 15.0 Å². The average Bonchev–Trinajstić information content (AvgIpc) is 2.40. The number of hydrogen-bond acceptors (Lipinski definition) is 4. The summed E-state index contributed by atoms with van der Waals surface area (Å²) in [5.41, 5.74) is 6.65. The molecule has 0 fully saturated rings. The number of phenols is 2. The number of phenolic OH excluding ortho intramolecular Hbond substituents is 2. The van der Waals surface area contributed by atoms with Gasteiger partial charge in [0.2, 0.25) is 5.91 Å². The zero-order chi connectivity index (χ0) is 14.4. The molecule has 114 valence electrons. The van der Waals surface area contributed by atoms with E-state index in [1.54, 1.807) is 6.07 Å². The Labute approximate surface area is 125 Å². The molecule has 0 aliphatic rings. The van der Waals surface area contributed by atoms with Crippen LogP contribution in [-0.2, 0) is 11.2 Å². The van der Waals surface area contributed by atoms with Crippen LogP contribution in [0.5, 0.6) is 11.5 Å². The maximum Gasteiger partial charge on any atom is 0.237 e. The predicted octanol–water partition coefficient (Wildman–Crippen LogP) is 1.55. The summed E-state index contributed by atoms with van der Waals surface area (Å²) in [6, 6.07) is 4.13. The standard InChI is InChI=1S/C14H22N2O3.ClH/c1-3-9(2)13(15)14(19)16-7-6-10-4-5-11(17)12(18)8-10;/h4-5,8-9,13,17-18H,3,6-7,15H2,1-2H3,(H,16,19);1H/t9-,13-;/m1./s1. The van der Waals surface area contributed by atoms with Gasteiger partial charge in [0.05, 0.1) is 6.04 Å². The first-order chi connectivity index (χ1) is 8.95. The minimum atomic E-state index is -0.488. The van der Waals surface area contributed by atoms with Crippen LogP contribution in [-0.4, -0.2) is 28.7 Å². The van der Waals surface area contributed by atoms with Crippen LogP contribution < -0.4 is 11.1 Å². The van der Waals surface area contributed by atoms with Crippen LogP contribution in [0.1, 0.15) is 25.8 Å². The smallest absolute Gasteiger partial charge is 0.237 e. The topological polar surface area (TPSA) is 95.6 Å². The predicted molar refractivity (Wildman–Crippen MR) is 81.2 cm³/mol. The van der Waals surface area contributed by atoms with Gasteiger partial charge in [0.1, 0.15) is 0 Å². The van der Waals surface area contributed by atoms with Crippen LogP contribution in [0, 0.1) is 5.92 Å². The van der Waals surface area contributed by atoms with E-state index in [1.807, 2.05) is 13.8 Å². The van der Waals surface area contributed by atoms with Gasteiger partial charge in [0, 0.05) is 6.54 Å². The summed E-state index contributed by atoms with van der Waals surface area (Å²) in [7, 11) is 0. The van der Waals surface area contributed by atoms with Gasteiger partial charge >= 0.3 is 0 Å². The molecular formula is C14H23ClN2O3. The first kappa shape index (κ1) is 18.5. The monoisotopic (exact) mass is 302 g/mol. The van der Waals surface area contributed by atoms with Crippen LogP contribution in [0.25, 0.3) is 0 Å². The summed E-state index contributed by atoms with van der Waals surface area (Å²) in [4.78, 5) is 11.7. The maximum atomic E-state index is 11.7. The highest BCUT2D eigenvalue weighted by Gasteiger charge is 2.18. The van der Waals surface area contributed by atoms with Crippen molar-refractivity contribution >= 4 is 18.3 Å². The van der Waals surface area contributed by atoms with E-state index >= 15 is 0 Å². The first-order valence-electron chi connectivity index (χ1n) is 6.49. The molecule has 1 rings (SSSR count). The van der Waals surface area contributed by atoms with E-state index in [2.05, 4.69) is 5.32 Å². The maximum absolute atomic E-state index is 11.7. The van der Waals surface area contributed by atoms with Gasteiger partial charge in [-0.3, -0.25) is 4.79 Å². The Morgan fingerprint density at radius 2 is 2.00 bits per heavy atom. The number of halogens is 1. The van der Waals surface area contributed by atoms with Crippen LogP contribution >= 0.6 is 12.4 Å². The van der Waals surface area contributed by atoms with E-state index in [4.69, 9.17) is 5.73 Å². The summed E-state index contributed by atoms with van der Waals surface area (Å²) in [5, 5.41) is 21.3. The molecule has 0 saturated heterocycles. The summed E-state index contributed by atoms with van der Waals surface area (Å²) in [6.07, 6.45) is 1.44. The van der Waals surface area contributed by atoms with E-state index in [-0.39, 0.29) is 35.7 Å². The molecule has 0 aliphatic heterocycles. The largest absolute Gasteiger partial charge is 0.504 e. The molecule has 20 heavy (non-hydrogen) atoms. The number of nitrogens with one attached hydrogen (secondary N) is 1. The van der Waals surface area contributed by atoms with Crippen LogP contribution in [0.3, 0.4) is 0 Å². The van der Waals surface area contributed by atoms with Gasteiger partial charge < -0.3 is 21.3 Å². The molecule has 1 aromatic rings. The van der Waals surface area contributed by atoms with E-state index in [1.165, 1.54) is 12.1 Å². The number of benzene rings is 1. The van der Waals surface area contributed by atoms with Gasteiger partial charge in [-0.25, -0.2) is 0 Å². The number of amides is 1. The van der Waals surface area contributed by atoms with Crippen molar-refractivity contribution in [3.63, 3.8) is 0 Å². The lowest BCUT2D eigenvalue weighted by Gasteiger charge is -2.17. The molecule has 0 bridgehead atoms. The second-order valence-corrected chi connectivity index (χ2v) is 4.78. The fourth-order valence-electron chi connectivity index (χ4n) is 1.68. The fraction of sp³-hybridized carbons (Fsp3) is 0.500. The Balaban J connectivity index is 0.00000361. The second kappa shape index (κ2) is 8.66. The van der Waals surface area contributed by atoms with Gasteiger partial charge in [-0.2, -0.15) is 0 Å². The molecule has 1 aromatic carbocycles. The molecule has 5 nitrogen and oxygen atoms in total. The third-order valence-electron chi connectivity index (χ3n) is 3.31. The number of hydrogen-bond donors (Lipinski definition) is 4. The summed E-state index contributed by atoms with van der Waals surface area (Å²) in [5.74, 6) is -0.304. The van der Waals surface area contributed by atoms with Crippen molar-refractivity contribution in [2.24, 2.45) is 11.7 Å². The number of rotatable bonds is 6. The number of nitrogens with two attached hydrogens (primary N) is 1.